The van der Waals surface area contributed by atoms with Crippen molar-refractivity contribution < 1.29 is 4.74 Å². The quantitative estimate of drug-likeness (QED) is 0.793. The molecular weight excluding hydrogens is 174 g/mol. The van der Waals surface area contributed by atoms with Gasteiger partial charge in [-0.3, -0.25) is 0 Å². The number of hydrogen-bond donors (Lipinski definition) is 1. The molecule has 0 fully saturated rings. The molecule has 0 aromatic heterocycles. The molecule has 1 unspecified atom stereocenters. The maximum absolute atomic E-state index is 5.23. The van der Waals surface area contributed by atoms with E-state index < -0.39 is 0 Å². The zero-order chi connectivity index (χ0) is 10.6. The second kappa shape index (κ2) is 5.01. The zero-order valence-electron chi connectivity index (χ0n) is 9.42. The highest BCUT2D eigenvalue weighted by atomic mass is 16.5. The van der Waals surface area contributed by atoms with E-state index in [1.807, 2.05) is 13.1 Å². The molecule has 14 heavy (non-hydrogen) atoms. The van der Waals surface area contributed by atoms with Crippen LogP contribution in [-0.2, 0) is 0 Å². The predicted molar refractivity (Wildman–Crippen MR) is 59.8 cm³/mol. The molecule has 0 spiro atoms. The number of methoxy groups -OCH3 is 1. The lowest BCUT2D eigenvalue weighted by atomic mass is 10.0. The molecule has 0 aliphatic carbocycles. The Morgan fingerprint density at radius 3 is 2.57 bits per heavy atom. The molecule has 0 radical (unpaired) electrons. The molecule has 0 bridgehead atoms. The Balaban J connectivity index is 2.95. The highest BCUT2D eigenvalue weighted by Crippen LogP contribution is 2.23. The van der Waals surface area contributed by atoms with Gasteiger partial charge in [-0.2, -0.15) is 0 Å². The second-order valence-electron chi connectivity index (χ2n) is 3.48. The molecule has 2 heteroatoms. The normalized spacial score (nSPS) is 12.6. The van der Waals surface area contributed by atoms with E-state index in [-0.39, 0.29) is 0 Å². The number of hydrogen-bond acceptors (Lipinski definition) is 2. The SMILES string of the molecule is CCC(NC)c1ccc(OC)c(C)c1. The summed E-state index contributed by atoms with van der Waals surface area (Å²) in [6.07, 6.45) is 1.10. The van der Waals surface area contributed by atoms with Gasteiger partial charge in [-0.15, -0.1) is 0 Å². The van der Waals surface area contributed by atoms with Gasteiger partial charge in [-0.1, -0.05) is 19.1 Å². The Morgan fingerprint density at radius 2 is 2.14 bits per heavy atom. The molecule has 78 valence electrons. The van der Waals surface area contributed by atoms with E-state index in [1.54, 1.807) is 7.11 Å². The highest BCUT2D eigenvalue weighted by Gasteiger charge is 2.07. The van der Waals surface area contributed by atoms with E-state index in [4.69, 9.17) is 4.74 Å². The van der Waals surface area contributed by atoms with Crippen molar-refractivity contribution in [1.29, 1.82) is 0 Å². The second-order valence-corrected chi connectivity index (χ2v) is 3.48. The number of rotatable bonds is 4. The van der Waals surface area contributed by atoms with Crippen LogP contribution in [0.25, 0.3) is 0 Å². The summed E-state index contributed by atoms with van der Waals surface area (Å²) in [6, 6.07) is 6.78. The first kappa shape index (κ1) is 11.1. The number of aryl methyl sites for hydroxylation is 1. The average Bonchev–Trinajstić information content (AvgIpc) is 2.20. The third-order valence-corrected chi connectivity index (χ3v) is 2.58. The van der Waals surface area contributed by atoms with Crippen molar-refractivity contribution in [2.45, 2.75) is 26.3 Å². The van der Waals surface area contributed by atoms with Crippen LogP contribution in [0.4, 0.5) is 0 Å². The van der Waals surface area contributed by atoms with Gasteiger partial charge in [0.1, 0.15) is 5.75 Å². The Labute approximate surface area is 86.3 Å². The van der Waals surface area contributed by atoms with Crippen LogP contribution < -0.4 is 10.1 Å². The summed E-state index contributed by atoms with van der Waals surface area (Å²) in [5, 5.41) is 3.29. The molecule has 1 N–H and O–H groups in total. The number of nitrogens with one attached hydrogen (secondary N) is 1. The van der Waals surface area contributed by atoms with Crippen LogP contribution >= 0.6 is 0 Å². The fourth-order valence-electron chi connectivity index (χ4n) is 1.72. The van der Waals surface area contributed by atoms with Crippen LogP contribution in [0.5, 0.6) is 5.75 Å². The summed E-state index contributed by atoms with van der Waals surface area (Å²) in [5.41, 5.74) is 2.52. The van der Waals surface area contributed by atoms with Crippen LogP contribution in [0.15, 0.2) is 18.2 Å². The molecule has 0 heterocycles. The minimum absolute atomic E-state index is 0.444. The van der Waals surface area contributed by atoms with E-state index in [9.17, 15) is 0 Å². The van der Waals surface area contributed by atoms with Crippen molar-refractivity contribution in [3.63, 3.8) is 0 Å². The first-order chi connectivity index (χ1) is 6.72. The Hall–Kier alpha value is -1.02. The summed E-state index contributed by atoms with van der Waals surface area (Å²) in [7, 11) is 3.70. The summed E-state index contributed by atoms with van der Waals surface area (Å²) in [5.74, 6) is 0.958. The topological polar surface area (TPSA) is 21.3 Å². The van der Waals surface area contributed by atoms with E-state index in [0.717, 1.165) is 12.2 Å². The van der Waals surface area contributed by atoms with Crippen molar-refractivity contribution in [2.24, 2.45) is 0 Å². The molecule has 0 aliphatic heterocycles. The van der Waals surface area contributed by atoms with Crippen LogP contribution in [-0.4, -0.2) is 14.2 Å². The lowest BCUT2D eigenvalue weighted by Crippen LogP contribution is -2.15. The van der Waals surface area contributed by atoms with Crippen molar-refractivity contribution in [1.82, 2.24) is 5.32 Å². The van der Waals surface area contributed by atoms with Gasteiger partial charge in [-0.05, 0) is 37.6 Å². The minimum atomic E-state index is 0.444. The molecule has 1 aromatic rings. The van der Waals surface area contributed by atoms with Gasteiger partial charge in [0.25, 0.3) is 0 Å². The van der Waals surface area contributed by atoms with E-state index in [2.05, 4.69) is 31.3 Å². The Bertz CT molecular complexity index is 292. The van der Waals surface area contributed by atoms with Crippen molar-refractivity contribution in [3.8, 4) is 5.75 Å². The Morgan fingerprint density at radius 1 is 1.43 bits per heavy atom. The zero-order valence-corrected chi connectivity index (χ0v) is 9.42. The number of ether oxygens (including phenoxy) is 1. The average molecular weight is 193 g/mol. The van der Waals surface area contributed by atoms with Crippen LogP contribution in [0.1, 0.15) is 30.5 Å². The summed E-state index contributed by atoms with van der Waals surface area (Å²) >= 11 is 0. The van der Waals surface area contributed by atoms with E-state index in [0.29, 0.717) is 6.04 Å². The minimum Gasteiger partial charge on any atom is -0.496 e. The fourth-order valence-corrected chi connectivity index (χ4v) is 1.72. The van der Waals surface area contributed by atoms with Crippen molar-refractivity contribution in [2.75, 3.05) is 14.2 Å². The molecule has 1 atom stereocenters. The van der Waals surface area contributed by atoms with Crippen molar-refractivity contribution in [3.05, 3.63) is 29.3 Å². The summed E-state index contributed by atoms with van der Waals surface area (Å²) < 4.78 is 5.23. The van der Waals surface area contributed by atoms with Crippen LogP contribution in [0, 0.1) is 6.92 Å². The molecule has 1 aromatic carbocycles. The maximum Gasteiger partial charge on any atom is 0.121 e. The Kier molecular flexibility index (Phi) is 3.96. The maximum atomic E-state index is 5.23. The molecule has 0 saturated carbocycles. The van der Waals surface area contributed by atoms with Gasteiger partial charge in [-0.25, -0.2) is 0 Å². The highest BCUT2D eigenvalue weighted by molar-refractivity contribution is 5.37. The van der Waals surface area contributed by atoms with Crippen LogP contribution in [0.3, 0.4) is 0 Å². The molecular formula is C12H19NO. The first-order valence-electron chi connectivity index (χ1n) is 5.04. The monoisotopic (exact) mass is 193 g/mol. The third kappa shape index (κ3) is 2.26. The molecule has 0 amide bonds. The van der Waals surface area contributed by atoms with Gasteiger partial charge in [0.05, 0.1) is 7.11 Å². The van der Waals surface area contributed by atoms with Gasteiger partial charge in [0.2, 0.25) is 0 Å². The fraction of sp³-hybridized carbons (Fsp3) is 0.500. The first-order valence-corrected chi connectivity index (χ1v) is 5.04. The predicted octanol–water partition coefficient (Wildman–Crippen LogP) is 2.67. The molecule has 0 saturated heterocycles. The van der Waals surface area contributed by atoms with Crippen LogP contribution in [0.2, 0.25) is 0 Å². The van der Waals surface area contributed by atoms with Gasteiger partial charge >= 0.3 is 0 Å². The van der Waals surface area contributed by atoms with Crippen molar-refractivity contribution >= 4 is 0 Å². The third-order valence-electron chi connectivity index (χ3n) is 2.58. The lowest BCUT2D eigenvalue weighted by Gasteiger charge is -2.15. The molecule has 2 nitrogen and oxygen atoms in total. The summed E-state index contributed by atoms with van der Waals surface area (Å²) in [4.78, 5) is 0. The van der Waals surface area contributed by atoms with E-state index in [1.165, 1.54) is 11.1 Å². The largest absolute Gasteiger partial charge is 0.496 e. The summed E-state index contributed by atoms with van der Waals surface area (Å²) in [6.45, 7) is 4.26. The van der Waals surface area contributed by atoms with Gasteiger partial charge < -0.3 is 10.1 Å². The number of benzene rings is 1. The molecule has 1 rings (SSSR count). The van der Waals surface area contributed by atoms with Gasteiger partial charge in [0.15, 0.2) is 0 Å². The van der Waals surface area contributed by atoms with Gasteiger partial charge in [0, 0.05) is 6.04 Å². The lowest BCUT2D eigenvalue weighted by molar-refractivity contribution is 0.411. The molecule has 0 aliphatic rings. The smallest absolute Gasteiger partial charge is 0.121 e. The van der Waals surface area contributed by atoms with E-state index >= 15 is 0 Å². The standard InChI is InChI=1S/C12H19NO/c1-5-11(13-3)10-6-7-12(14-4)9(2)8-10/h6-8,11,13H,5H2,1-4H3.